The van der Waals surface area contributed by atoms with Crippen LogP contribution in [0.15, 0.2) is 95.8 Å². The number of thiophene rings is 1. The van der Waals surface area contributed by atoms with Crippen LogP contribution in [-0.2, 0) is 22.6 Å². The summed E-state index contributed by atoms with van der Waals surface area (Å²) in [5.74, 6) is -0.142. The number of benzene rings is 3. The molecule has 38 heavy (non-hydrogen) atoms. The fraction of sp³-hybridized carbons (Fsp3) is 0.133. The molecule has 0 unspecified atom stereocenters. The van der Waals surface area contributed by atoms with Crippen LogP contribution in [0, 0.1) is 0 Å². The molecule has 1 amide bonds. The maximum absolute atomic E-state index is 13.1. The molecule has 0 bridgehead atoms. The normalized spacial score (nSPS) is 11.7. The van der Waals surface area contributed by atoms with Crippen LogP contribution in [0.25, 0.3) is 21.2 Å². The van der Waals surface area contributed by atoms with Crippen molar-refractivity contribution in [1.82, 2.24) is 5.32 Å². The topological polar surface area (TPSA) is 77.8 Å². The Morgan fingerprint density at radius 3 is 2.42 bits per heavy atom. The van der Waals surface area contributed by atoms with E-state index in [4.69, 9.17) is 25.5 Å². The molecule has 2 aromatic heterocycles. The van der Waals surface area contributed by atoms with Gasteiger partial charge in [-0.3, -0.25) is 4.79 Å². The first-order valence-electron chi connectivity index (χ1n) is 11.9. The van der Waals surface area contributed by atoms with E-state index in [1.54, 1.807) is 12.5 Å². The third kappa shape index (κ3) is 6.07. The van der Waals surface area contributed by atoms with Crippen LogP contribution < -0.4 is 10.1 Å². The van der Waals surface area contributed by atoms with Gasteiger partial charge in [-0.1, -0.05) is 41.9 Å². The highest BCUT2D eigenvalue weighted by Crippen LogP contribution is 2.31. The average molecular weight is 546 g/mol. The van der Waals surface area contributed by atoms with Crippen LogP contribution >= 0.6 is 22.9 Å². The molecule has 1 atom stereocenters. The van der Waals surface area contributed by atoms with Gasteiger partial charge in [0.1, 0.15) is 18.4 Å². The SMILES string of the molecule is COC(=O)[C@H](Cc1ccc(OCc2ccoc2)cc1)NC(=O)c1cc2cc(-c3ccc(Cl)cc3)ccc2s1. The second-order valence-corrected chi connectivity index (χ2v) is 10.2. The van der Waals surface area contributed by atoms with Crippen LogP contribution in [0.5, 0.6) is 5.75 Å². The number of methoxy groups -OCH3 is 1. The number of hydrogen-bond donors (Lipinski definition) is 1. The first-order valence-corrected chi connectivity index (χ1v) is 13.1. The van der Waals surface area contributed by atoms with Crippen molar-refractivity contribution >= 4 is 44.9 Å². The summed E-state index contributed by atoms with van der Waals surface area (Å²) in [6, 6.07) is 23.9. The van der Waals surface area contributed by atoms with Gasteiger partial charge in [0.05, 0.1) is 24.5 Å². The number of furan rings is 1. The quantitative estimate of drug-likeness (QED) is 0.204. The van der Waals surface area contributed by atoms with E-state index < -0.39 is 12.0 Å². The minimum Gasteiger partial charge on any atom is -0.489 e. The number of carbonyl (C=O) groups is 2. The predicted octanol–water partition coefficient (Wildman–Crippen LogP) is 6.91. The zero-order chi connectivity index (χ0) is 26.5. The molecule has 0 radical (unpaired) electrons. The lowest BCUT2D eigenvalue weighted by molar-refractivity contribution is -0.142. The molecule has 3 aromatic carbocycles. The zero-order valence-electron chi connectivity index (χ0n) is 20.5. The van der Waals surface area contributed by atoms with Crippen molar-refractivity contribution < 1.29 is 23.5 Å². The number of ether oxygens (including phenoxy) is 2. The molecule has 2 heterocycles. The van der Waals surface area contributed by atoms with Crippen molar-refractivity contribution in [2.24, 2.45) is 0 Å². The number of halogens is 1. The van der Waals surface area contributed by atoms with Gasteiger partial charge in [0.2, 0.25) is 0 Å². The van der Waals surface area contributed by atoms with E-state index in [2.05, 4.69) is 5.32 Å². The fourth-order valence-corrected chi connectivity index (χ4v) is 5.11. The first-order chi connectivity index (χ1) is 18.5. The van der Waals surface area contributed by atoms with Crippen LogP contribution in [0.4, 0.5) is 0 Å². The van der Waals surface area contributed by atoms with Crippen molar-refractivity contribution in [3.05, 3.63) is 112 Å². The van der Waals surface area contributed by atoms with Crippen molar-refractivity contribution in [2.45, 2.75) is 19.1 Å². The molecular weight excluding hydrogens is 522 g/mol. The molecule has 192 valence electrons. The standard InChI is InChI=1S/C30H24ClNO5S/c1-35-30(34)26(14-19-2-9-25(10-3-19)37-18-20-12-13-36-17-20)32-29(33)28-16-23-15-22(6-11-27(23)38-28)21-4-7-24(31)8-5-21/h2-13,15-17,26H,14,18H2,1H3,(H,32,33)/t26-/m0/s1. The summed E-state index contributed by atoms with van der Waals surface area (Å²) in [7, 11) is 1.31. The Balaban J connectivity index is 1.27. The van der Waals surface area contributed by atoms with E-state index in [1.165, 1.54) is 18.4 Å². The van der Waals surface area contributed by atoms with Crippen molar-refractivity contribution in [1.29, 1.82) is 0 Å². The monoisotopic (exact) mass is 545 g/mol. The van der Waals surface area contributed by atoms with E-state index in [0.29, 0.717) is 22.3 Å². The van der Waals surface area contributed by atoms with Gasteiger partial charge in [0, 0.05) is 21.7 Å². The molecule has 1 N–H and O–H groups in total. The summed E-state index contributed by atoms with van der Waals surface area (Å²) in [5.41, 5.74) is 3.87. The highest BCUT2D eigenvalue weighted by atomic mass is 35.5. The molecule has 8 heteroatoms. The van der Waals surface area contributed by atoms with Gasteiger partial charge >= 0.3 is 5.97 Å². The maximum atomic E-state index is 13.1. The van der Waals surface area contributed by atoms with E-state index in [-0.39, 0.29) is 12.3 Å². The molecule has 0 aliphatic rings. The minimum atomic E-state index is -0.833. The number of hydrogen-bond acceptors (Lipinski definition) is 6. The predicted molar refractivity (Wildman–Crippen MR) is 149 cm³/mol. The molecular formula is C30H24ClNO5S. The van der Waals surface area contributed by atoms with Crippen LogP contribution in [-0.4, -0.2) is 25.0 Å². The largest absolute Gasteiger partial charge is 0.489 e. The summed E-state index contributed by atoms with van der Waals surface area (Å²) in [6.45, 7) is 0.396. The number of esters is 1. The van der Waals surface area contributed by atoms with Gasteiger partial charge in [-0.15, -0.1) is 11.3 Å². The number of amides is 1. The van der Waals surface area contributed by atoms with E-state index in [1.807, 2.05) is 78.9 Å². The number of fused-ring (bicyclic) bond motifs is 1. The fourth-order valence-electron chi connectivity index (χ4n) is 4.04. The van der Waals surface area contributed by atoms with Crippen molar-refractivity contribution in [2.75, 3.05) is 7.11 Å². The summed E-state index contributed by atoms with van der Waals surface area (Å²) < 4.78 is 16.7. The zero-order valence-corrected chi connectivity index (χ0v) is 22.1. The number of nitrogens with one attached hydrogen (secondary N) is 1. The summed E-state index contributed by atoms with van der Waals surface area (Å²) >= 11 is 7.39. The Bertz CT molecular complexity index is 1540. The lowest BCUT2D eigenvalue weighted by Gasteiger charge is -2.16. The maximum Gasteiger partial charge on any atom is 0.328 e. The van der Waals surface area contributed by atoms with Gasteiger partial charge < -0.3 is 19.2 Å². The lowest BCUT2D eigenvalue weighted by Crippen LogP contribution is -2.42. The van der Waals surface area contributed by atoms with E-state index in [9.17, 15) is 9.59 Å². The Morgan fingerprint density at radius 2 is 1.71 bits per heavy atom. The lowest BCUT2D eigenvalue weighted by atomic mass is 10.0. The van der Waals surface area contributed by atoms with Gasteiger partial charge in [-0.05, 0) is 70.6 Å². The van der Waals surface area contributed by atoms with Crippen LogP contribution in [0.2, 0.25) is 5.02 Å². The molecule has 6 nitrogen and oxygen atoms in total. The van der Waals surface area contributed by atoms with Gasteiger partial charge in [0.15, 0.2) is 0 Å². The molecule has 0 saturated carbocycles. The van der Waals surface area contributed by atoms with Crippen LogP contribution in [0.3, 0.4) is 0 Å². The molecule has 0 spiro atoms. The minimum absolute atomic E-state index is 0.284. The molecule has 5 rings (SSSR count). The second kappa shape index (κ2) is 11.5. The Labute approximate surface area is 228 Å². The van der Waals surface area contributed by atoms with Crippen molar-refractivity contribution in [3.63, 3.8) is 0 Å². The molecule has 0 aliphatic heterocycles. The summed E-state index contributed by atoms with van der Waals surface area (Å²) in [5, 5.41) is 4.48. The van der Waals surface area contributed by atoms with E-state index >= 15 is 0 Å². The molecule has 0 saturated heterocycles. The third-order valence-corrected chi connectivity index (χ3v) is 7.42. The summed E-state index contributed by atoms with van der Waals surface area (Å²) in [4.78, 5) is 26.2. The van der Waals surface area contributed by atoms with Crippen LogP contribution in [0.1, 0.15) is 20.8 Å². The van der Waals surface area contributed by atoms with Gasteiger partial charge in [-0.2, -0.15) is 0 Å². The highest BCUT2D eigenvalue weighted by molar-refractivity contribution is 7.20. The molecule has 0 fully saturated rings. The Hall–Kier alpha value is -4.07. The Morgan fingerprint density at radius 1 is 0.947 bits per heavy atom. The smallest absolute Gasteiger partial charge is 0.328 e. The summed E-state index contributed by atoms with van der Waals surface area (Å²) in [6.07, 6.45) is 3.51. The molecule has 0 aliphatic carbocycles. The first kappa shape index (κ1) is 25.6. The second-order valence-electron chi connectivity index (χ2n) is 8.69. The van der Waals surface area contributed by atoms with Gasteiger partial charge in [0.25, 0.3) is 5.91 Å². The Kier molecular flexibility index (Phi) is 7.77. The van der Waals surface area contributed by atoms with E-state index in [0.717, 1.165) is 32.3 Å². The average Bonchev–Trinajstić information content (AvgIpc) is 3.62. The number of carbonyl (C=O) groups excluding carboxylic acids is 2. The third-order valence-electron chi connectivity index (χ3n) is 6.06. The highest BCUT2D eigenvalue weighted by Gasteiger charge is 2.24. The van der Waals surface area contributed by atoms with Crippen molar-refractivity contribution in [3.8, 4) is 16.9 Å². The molecule has 5 aromatic rings. The number of rotatable bonds is 9. The van der Waals surface area contributed by atoms with Gasteiger partial charge in [-0.25, -0.2) is 4.79 Å².